The number of carbonyl (C=O) groups excluding carboxylic acids is 1. The van der Waals surface area contributed by atoms with E-state index in [2.05, 4.69) is 5.32 Å². The molecule has 0 saturated heterocycles. The Balaban J connectivity index is 2.11. The molecule has 2 aromatic carbocycles. The lowest BCUT2D eigenvalue weighted by atomic mass is 10.0. The molecule has 0 aromatic heterocycles. The topological polar surface area (TPSA) is 58.6 Å². The van der Waals surface area contributed by atoms with Crippen LogP contribution in [-0.2, 0) is 0 Å². The van der Waals surface area contributed by atoms with Crippen molar-refractivity contribution in [2.75, 3.05) is 7.11 Å². The van der Waals surface area contributed by atoms with Crippen molar-refractivity contribution in [3.05, 3.63) is 64.4 Å². The Morgan fingerprint density at radius 1 is 1.26 bits per heavy atom. The SMILES string of the molecule is COc1cc(Cl)ccc1C(=O)NC(C)C(O)c1ccc(F)cc1. The van der Waals surface area contributed by atoms with Gasteiger partial charge in [-0.1, -0.05) is 23.7 Å². The molecule has 23 heavy (non-hydrogen) atoms. The monoisotopic (exact) mass is 337 g/mol. The fraction of sp³-hybridized carbons (Fsp3) is 0.235. The molecule has 1 amide bonds. The molecule has 0 aliphatic carbocycles. The largest absolute Gasteiger partial charge is 0.496 e. The first-order chi connectivity index (χ1) is 10.9. The Bertz CT molecular complexity index is 691. The molecule has 0 radical (unpaired) electrons. The number of amides is 1. The van der Waals surface area contributed by atoms with Crippen molar-refractivity contribution < 1.29 is 19.0 Å². The highest BCUT2D eigenvalue weighted by molar-refractivity contribution is 6.30. The normalized spacial score (nSPS) is 13.3. The standard InChI is InChI=1S/C17H17ClFNO3/c1-10(16(21)11-3-6-13(19)7-4-11)20-17(22)14-8-5-12(18)9-15(14)23-2/h3-10,16,21H,1-2H3,(H,20,22). The summed E-state index contributed by atoms with van der Waals surface area (Å²) in [5, 5.41) is 13.4. The van der Waals surface area contributed by atoms with Gasteiger partial charge in [0.2, 0.25) is 0 Å². The van der Waals surface area contributed by atoms with Crippen molar-refractivity contribution in [2.24, 2.45) is 0 Å². The molecular formula is C17H17ClFNO3. The van der Waals surface area contributed by atoms with Crippen molar-refractivity contribution >= 4 is 17.5 Å². The van der Waals surface area contributed by atoms with Crippen LogP contribution in [0.2, 0.25) is 5.02 Å². The molecule has 6 heteroatoms. The Hall–Kier alpha value is -2.11. The van der Waals surface area contributed by atoms with E-state index < -0.39 is 18.1 Å². The van der Waals surface area contributed by atoms with Crippen LogP contribution < -0.4 is 10.1 Å². The number of methoxy groups -OCH3 is 1. The van der Waals surface area contributed by atoms with Gasteiger partial charge in [-0.05, 0) is 42.8 Å². The van der Waals surface area contributed by atoms with Crippen molar-refractivity contribution in [3.8, 4) is 5.75 Å². The molecule has 0 fully saturated rings. The number of hydrogen-bond acceptors (Lipinski definition) is 3. The molecule has 0 aliphatic rings. The van der Waals surface area contributed by atoms with E-state index in [1.165, 1.54) is 37.4 Å². The molecule has 4 nitrogen and oxygen atoms in total. The van der Waals surface area contributed by atoms with Gasteiger partial charge in [-0.25, -0.2) is 4.39 Å². The van der Waals surface area contributed by atoms with Crippen LogP contribution in [0.15, 0.2) is 42.5 Å². The van der Waals surface area contributed by atoms with E-state index in [4.69, 9.17) is 16.3 Å². The van der Waals surface area contributed by atoms with Gasteiger partial charge in [-0.15, -0.1) is 0 Å². The first-order valence-corrected chi connectivity index (χ1v) is 7.38. The zero-order valence-corrected chi connectivity index (χ0v) is 13.5. The number of hydrogen-bond donors (Lipinski definition) is 2. The van der Waals surface area contributed by atoms with Gasteiger partial charge in [0.25, 0.3) is 5.91 Å². The molecular weight excluding hydrogens is 321 g/mol. The summed E-state index contributed by atoms with van der Waals surface area (Å²) in [7, 11) is 1.44. The average Bonchev–Trinajstić information content (AvgIpc) is 2.54. The van der Waals surface area contributed by atoms with Crippen LogP contribution in [0.5, 0.6) is 5.75 Å². The van der Waals surface area contributed by atoms with Crippen LogP contribution in [0.1, 0.15) is 28.9 Å². The highest BCUT2D eigenvalue weighted by atomic mass is 35.5. The van der Waals surface area contributed by atoms with E-state index in [1.54, 1.807) is 19.1 Å². The minimum Gasteiger partial charge on any atom is -0.496 e. The summed E-state index contributed by atoms with van der Waals surface area (Å²) < 4.78 is 18.1. The molecule has 0 saturated carbocycles. The Kier molecular flexibility index (Phi) is 5.58. The maximum Gasteiger partial charge on any atom is 0.255 e. The molecule has 122 valence electrons. The van der Waals surface area contributed by atoms with Gasteiger partial charge < -0.3 is 15.2 Å². The fourth-order valence-electron chi connectivity index (χ4n) is 2.16. The lowest BCUT2D eigenvalue weighted by Gasteiger charge is -2.21. The van der Waals surface area contributed by atoms with Crippen LogP contribution >= 0.6 is 11.6 Å². The molecule has 2 N–H and O–H groups in total. The molecule has 0 bridgehead atoms. The second kappa shape index (κ2) is 7.44. The molecule has 0 spiro atoms. The van der Waals surface area contributed by atoms with E-state index in [0.717, 1.165) is 0 Å². The number of rotatable bonds is 5. The molecule has 0 heterocycles. The molecule has 2 aromatic rings. The van der Waals surface area contributed by atoms with Gasteiger partial charge in [0.1, 0.15) is 11.6 Å². The van der Waals surface area contributed by atoms with Crippen molar-refractivity contribution in [3.63, 3.8) is 0 Å². The summed E-state index contributed by atoms with van der Waals surface area (Å²) in [5.74, 6) is -0.436. The number of carbonyl (C=O) groups is 1. The summed E-state index contributed by atoms with van der Waals surface area (Å²) in [4.78, 5) is 12.3. The first-order valence-electron chi connectivity index (χ1n) is 7.00. The highest BCUT2D eigenvalue weighted by Crippen LogP contribution is 2.24. The number of ether oxygens (including phenoxy) is 1. The smallest absolute Gasteiger partial charge is 0.255 e. The lowest BCUT2D eigenvalue weighted by Crippen LogP contribution is -2.37. The van der Waals surface area contributed by atoms with Gasteiger partial charge >= 0.3 is 0 Å². The average molecular weight is 338 g/mol. The van der Waals surface area contributed by atoms with Crippen LogP contribution in [0.4, 0.5) is 4.39 Å². The third kappa shape index (κ3) is 4.21. The molecule has 2 rings (SSSR count). The number of halogens is 2. The summed E-state index contributed by atoms with van der Waals surface area (Å²) in [6, 6.07) is 9.57. The number of benzene rings is 2. The zero-order valence-electron chi connectivity index (χ0n) is 12.7. The van der Waals surface area contributed by atoms with Gasteiger partial charge in [0.15, 0.2) is 0 Å². The first kappa shape index (κ1) is 17.2. The third-order valence-electron chi connectivity index (χ3n) is 3.45. The minimum atomic E-state index is -0.960. The van der Waals surface area contributed by atoms with Crippen LogP contribution in [-0.4, -0.2) is 24.2 Å². The maximum atomic E-state index is 12.9. The maximum absolute atomic E-state index is 12.9. The highest BCUT2D eigenvalue weighted by Gasteiger charge is 2.21. The van der Waals surface area contributed by atoms with E-state index in [-0.39, 0.29) is 5.82 Å². The van der Waals surface area contributed by atoms with Gasteiger partial charge in [0, 0.05) is 5.02 Å². The van der Waals surface area contributed by atoms with Crippen LogP contribution in [0.3, 0.4) is 0 Å². The summed E-state index contributed by atoms with van der Waals surface area (Å²) in [6.45, 7) is 1.66. The predicted octanol–water partition coefficient (Wildman–Crippen LogP) is 3.34. The molecule has 2 unspecified atom stereocenters. The van der Waals surface area contributed by atoms with Crippen LogP contribution in [0, 0.1) is 5.82 Å². The van der Waals surface area contributed by atoms with Crippen molar-refractivity contribution in [1.82, 2.24) is 5.32 Å². The fourth-order valence-corrected chi connectivity index (χ4v) is 2.33. The van der Waals surface area contributed by atoms with E-state index in [0.29, 0.717) is 21.9 Å². The quantitative estimate of drug-likeness (QED) is 0.879. The second-order valence-corrected chi connectivity index (χ2v) is 5.54. The Morgan fingerprint density at radius 2 is 1.91 bits per heavy atom. The van der Waals surface area contributed by atoms with Crippen molar-refractivity contribution in [1.29, 1.82) is 0 Å². The predicted molar refractivity (Wildman–Crippen MR) is 86.3 cm³/mol. The summed E-state index contributed by atoms with van der Waals surface area (Å²) in [5.41, 5.74) is 0.831. The van der Waals surface area contributed by atoms with Gasteiger partial charge in [0.05, 0.1) is 24.8 Å². The molecule has 2 atom stereocenters. The van der Waals surface area contributed by atoms with E-state index >= 15 is 0 Å². The third-order valence-corrected chi connectivity index (χ3v) is 3.69. The van der Waals surface area contributed by atoms with E-state index in [9.17, 15) is 14.3 Å². The van der Waals surface area contributed by atoms with E-state index in [1.807, 2.05) is 0 Å². The van der Waals surface area contributed by atoms with Crippen molar-refractivity contribution in [2.45, 2.75) is 19.1 Å². The lowest BCUT2D eigenvalue weighted by molar-refractivity contribution is 0.0849. The Labute approximate surface area is 138 Å². The number of nitrogens with one attached hydrogen (secondary N) is 1. The van der Waals surface area contributed by atoms with Gasteiger partial charge in [-0.3, -0.25) is 4.79 Å². The summed E-state index contributed by atoms with van der Waals surface area (Å²) >= 11 is 5.87. The minimum absolute atomic E-state index is 0.315. The van der Waals surface area contributed by atoms with Gasteiger partial charge in [-0.2, -0.15) is 0 Å². The van der Waals surface area contributed by atoms with Crippen LogP contribution in [0.25, 0.3) is 0 Å². The molecule has 0 aliphatic heterocycles. The summed E-state index contributed by atoms with van der Waals surface area (Å²) in [6.07, 6.45) is -0.960. The number of aliphatic hydroxyl groups is 1. The number of aliphatic hydroxyl groups excluding tert-OH is 1. The Morgan fingerprint density at radius 3 is 2.52 bits per heavy atom. The zero-order chi connectivity index (χ0) is 17.0. The second-order valence-electron chi connectivity index (χ2n) is 5.10.